The molecule has 0 bridgehead atoms. The maximum absolute atomic E-state index is 12.3. The Morgan fingerprint density at radius 1 is 1.04 bits per heavy atom. The lowest BCUT2D eigenvalue weighted by Gasteiger charge is -2.08. The summed E-state index contributed by atoms with van der Waals surface area (Å²) in [5, 5.41) is 2.60. The van der Waals surface area contributed by atoms with Crippen LogP contribution in [0.2, 0.25) is 0 Å². The average Bonchev–Trinajstić information content (AvgIpc) is 2.53. The van der Waals surface area contributed by atoms with E-state index in [2.05, 4.69) is 10.0 Å². The highest BCUT2D eigenvalue weighted by atomic mass is 32.2. The lowest BCUT2D eigenvalue weighted by Crippen LogP contribution is -2.23. The fraction of sp³-hybridized carbons (Fsp3) is 0.188. The van der Waals surface area contributed by atoms with E-state index in [0.29, 0.717) is 5.69 Å². The van der Waals surface area contributed by atoms with E-state index in [4.69, 9.17) is 0 Å². The number of nitrogens with one attached hydrogen (secondary N) is 2. The number of sulfonamides is 1. The molecular weight excluding hydrogens is 332 g/mol. The van der Waals surface area contributed by atoms with Gasteiger partial charge in [-0.25, -0.2) is 13.1 Å². The first-order valence-electron chi connectivity index (χ1n) is 6.91. The largest absolute Gasteiger partial charge is 0.326 e. The molecular formula is C16H18N2O3S2. The van der Waals surface area contributed by atoms with E-state index in [9.17, 15) is 13.2 Å². The predicted molar refractivity (Wildman–Crippen MR) is 93.0 cm³/mol. The minimum absolute atomic E-state index is 0.160. The van der Waals surface area contributed by atoms with E-state index in [1.54, 1.807) is 23.9 Å². The summed E-state index contributed by atoms with van der Waals surface area (Å²) in [6.07, 6.45) is 1.99. The molecule has 0 aromatic heterocycles. The zero-order valence-electron chi connectivity index (χ0n) is 12.9. The smallest absolute Gasteiger partial charge is 0.240 e. The number of hydrogen-bond donors (Lipinski definition) is 2. The lowest BCUT2D eigenvalue weighted by molar-refractivity contribution is -0.114. The van der Waals surface area contributed by atoms with Crippen LogP contribution in [0.4, 0.5) is 5.69 Å². The molecule has 0 atom stereocenters. The molecule has 122 valence electrons. The van der Waals surface area contributed by atoms with Gasteiger partial charge < -0.3 is 5.32 Å². The Bertz CT molecular complexity index is 770. The summed E-state index contributed by atoms with van der Waals surface area (Å²) in [7, 11) is -3.59. The van der Waals surface area contributed by atoms with Crippen LogP contribution in [0.15, 0.2) is 58.3 Å². The van der Waals surface area contributed by atoms with Crippen LogP contribution in [-0.2, 0) is 21.4 Å². The first-order valence-corrected chi connectivity index (χ1v) is 9.62. The molecule has 23 heavy (non-hydrogen) atoms. The van der Waals surface area contributed by atoms with Gasteiger partial charge in [0.25, 0.3) is 0 Å². The van der Waals surface area contributed by atoms with E-state index in [0.717, 1.165) is 10.5 Å². The summed E-state index contributed by atoms with van der Waals surface area (Å²) in [5.74, 6) is -0.201. The molecule has 2 rings (SSSR count). The summed E-state index contributed by atoms with van der Waals surface area (Å²) in [5.41, 5.74) is 1.45. The molecule has 0 aliphatic carbocycles. The van der Waals surface area contributed by atoms with Gasteiger partial charge in [0.05, 0.1) is 4.90 Å². The number of amides is 1. The van der Waals surface area contributed by atoms with Crippen LogP contribution in [0.5, 0.6) is 0 Å². The van der Waals surface area contributed by atoms with Crippen molar-refractivity contribution in [2.75, 3.05) is 11.6 Å². The van der Waals surface area contributed by atoms with Crippen molar-refractivity contribution < 1.29 is 13.2 Å². The van der Waals surface area contributed by atoms with Crippen LogP contribution in [0.1, 0.15) is 12.5 Å². The van der Waals surface area contributed by atoms with Crippen molar-refractivity contribution >= 4 is 33.4 Å². The number of thioether (sulfide) groups is 1. The van der Waals surface area contributed by atoms with Crippen molar-refractivity contribution in [2.45, 2.75) is 23.3 Å². The van der Waals surface area contributed by atoms with Crippen molar-refractivity contribution in [2.24, 2.45) is 0 Å². The van der Waals surface area contributed by atoms with Gasteiger partial charge in [-0.2, -0.15) is 0 Å². The van der Waals surface area contributed by atoms with E-state index >= 15 is 0 Å². The third kappa shape index (κ3) is 5.09. The molecule has 0 fully saturated rings. The second-order valence-corrected chi connectivity index (χ2v) is 7.52. The molecule has 0 radical (unpaired) electrons. The SMILES string of the molecule is CSc1ccc(CNS(=O)(=O)c2ccc(NC(C)=O)cc2)cc1. The number of benzene rings is 2. The number of carbonyl (C=O) groups excluding carboxylic acids is 1. The zero-order chi connectivity index (χ0) is 16.9. The van der Waals surface area contributed by atoms with E-state index < -0.39 is 10.0 Å². The van der Waals surface area contributed by atoms with Crippen molar-refractivity contribution in [3.05, 3.63) is 54.1 Å². The Morgan fingerprint density at radius 2 is 1.65 bits per heavy atom. The summed E-state index contributed by atoms with van der Waals surface area (Å²) >= 11 is 1.63. The molecule has 0 saturated carbocycles. The molecule has 2 aromatic carbocycles. The highest BCUT2D eigenvalue weighted by Crippen LogP contribution is 2.16. The van der Waals surface area contributed by atoms with Gasteiger partial charge in [-0.3, -0.25) is 4.79 Å². The fourth-order valence-corrected chi connectivity index (χ4v) is 3.35. The third-order valence-electron chi connectivity index (χ3n) is 3.11. The van der Waals surface area contributed by atoms with E-state index in [1.807, 2.05) is 30.5 Å². The second kappa shape index (κ2) is 7.63. The van der Waals surface area contributed by atoms with Crippen LogP contribution in [0.25, 0.3) is 0 Å². The Labute approximate surface area is 140 Å². The molecule has 2 N–H and O–H groups in total. The number of anilines is 1. The van der Waals surface area contributed by atoms with Crippen molar-refractivity contribution in [3.8, 4) is 0 Å². The maximum Gasteiger partial charge on any atom is 0.240 e. The Kier molecular flexibility index (Phi) is 5.81. The summed E-state index contributed by atoms with van der Waals surface area (Å²) in [6.45, 7) is 1.62. The van der Waals surface area contributed by atoms with Gasteiger partial charge >= 0.3 is 0 Å². The van der Waals surface area contributed by atoms with Gasteiger partial charge in [-0.15, -0.1) is 11.8 Å². The molecule has 1 amide bonds. The van der Waals surface area contributed by atoms with Crippen LogP contribution < -0.4 is 10.0 Å². The molecule has 0 heterocycles. The van der Waals surface area contributed by atoms with Gasteiger partial charge in [0.1, 0.15) is 0 Å². The first-order chi connectivity index (χ1) is 10.9. The first kappa shape index (κ1) is 17.5. The van der Waals surface area contributed by atoms with E-state index in [-0.39, 0.29) is 17.3 Å². The highest BCUT2D eigenvalue weighted by molar-refractivity contribution is 7.98. The van der Waals surface area contributed by atoms with E-state index in [1.165, 1.54) is 19.1 Å². The molecule has 2 aromatic rings. The zero-order valence-corrected chi connectivity index (χ0v) is 14.5. The fourth-order valence-electron chi connectivity index (χ4n) is 1.93. The minimum atomic E-state index is -3.59. The summed E-state index contributed by atoms with van der Waals surface area (Å²) in [6, 6.07) is 13.7. The number of rotatable bonds is 6. The minimum Gasteiger partial charge on any atom is -0.326 e. The summed E-state index contributed by atoms with van der Waals surface area (Å²) in [4.78, 5) is 12.2. The van der Waals surface area contributed by atoms with Crippen LogP contribution in [-0.4, -0.2) is 20.6 Å². The third-order valence-corrected chi connectivity index (χ3v) is 5.27. The van der Waals surface area contributed by atoms with Crippen LogP contribution in [0, 0.1) is 0 Å². The lowest BCUT2D eigenvalue weighted by atomic mass is 10.2. The monoisotopic (exact) mass is 350 g/mol. The number of carbonyl (C=O) groups is 1. The quantitative estimate of drug-likeness (QED) is 0.786. The predicted octanol–water partition coefficient (Wildman–Crippen LogP) is 2.85. The normalized spacial score (nSPS) is 11.2. The average molecular weight is 350 g/mol. The van der Waals surface area contributed by atoms with Crippen molar-refractivity contribution in [1.82, 2.24) is 4.72 Å². The molecule has 0 spiro atoms. The maximum atomic E-state index is 12.3. The van der Waals surface area contributed by atoms with Gasteiger partial charge in [-0.1, -0.05) is 12.1 Å². The molecule has 5 nitrogen and oxygen atoms in total. The summed E-state index contributed by atoms with van der Waals surface area (Å²) < 4.78 is 27.1. The van der Waals surface area contributed by atoms with Crippen LogP contribution in [0.3, 0.4) is 0 Å². The second-order valence-electron chi connectivity index (χ2n) is 4.88. The molecule has 0 unspecified atom stereocenters. The van der Waals surface area contributed by atoms with Crippen LogP contribution >= 0.6 is 11.8 Å². The molecule has 0 saturated heterocycles. The highest BCUT2D eigenvalue weighted by Gasteiger charge is 2.13. The van der Waals surface area contributed by atoms with Gasteiger partial charge in [-0.05, 0) is 48.2 Å². The molecule has 7 heteroatoms. The Hall–Kier alpha value is -1.83. The standard InChI is InChI=1S/C16H18N2O3S2/c1-12(19)18-14-5-9-16(10-6-14)23(20,21)17-11-13-3-7-15(22-2)8-4-13/h3-10,17H,11H2,1-2H3,(H,18,19). The topological polar surface area (TPSA) is 75.3 Å². The molecule has 0 aliphatic heterocycles. The van der Waals surface area contributed by atoms with Crippen molar-refractivity contribution in [1.29, 1.82) is 0 Å². The van der Waals surface area contributed by atoms with Crippen molar-refractivity contribution in [3.63, 3.8) is 0 Å². The Balaban J connectivity index is 2.04. The number of hydrogen-bond acceptors (Lipinski definition) is 4. The van der Waals surface area contributed by atoms with Gasteiger partial charge in [0, 0.05) is 24.1 Å². The van der Waals surface area contributed by atoms with Gasteiger partial charge in [0.15, 0.2) is 0 Å². The van der Waals surface area contributed by atoms with Gasteiger partial charge in [0.2, 0.25) is 15.9 Å². The Morgan fingerprint density at radius 3 is 2.17 bits per heavy atom. The molecule has 0 aliphatic rings.